The highest BCUT2D eigenvalue weighted by atomic mass is 35.5. The quantitative estimate of drug-likeness (QED) is 0.221. The number of β-lactam (4-membered cyclic amide) rings is 1. The third-order valence-electron chi connectivity index (χ3n) is 5.30. The van der Waals surface area contributed by atoms with Gasteiger partial charge in [0.25, 0.3) is 5.91 Å². The van der Waals surface area contributed by atoms with E-state index in [1.165, 1.54) is 11.3 Å². The number of likely N-dealkylation sites (tertiary alicyclic amines) is 1. The van der Waals surface area contributed by atoms with Gasteiger partial charge in [-0.25, -0.2) is 4.79 Å². The van der Waals surface area contributed by atoms with Crippen LogP contribution in [-0.4, -0.2) is 51.7 Å². The maximum absolute atomic E-state index is 12.8. The number of rotatable bonds is 6. The zero-order valence-corrected chi connectivity index (χ0v) is 19.0. The van der Waals surface area contributed by atoms with Crippen molar-refractivity contribution < 1.29 is 19.1 Å². The molecule has 1 heterocycles. The predicted molar refractivity (Wildman–Crippen MR) is 114 cm³/mol. The molecule has 6 nitrogen and oxygen atoms in total. The van der Waals surface area contributed by atoms with E-state index in [-0.39, 0.29) is 17.7 Å². The van der Waals surface area contributed by atoms with Gasteiger partial charge in [-0.05, 0) is 39.2 Å². The van der Waals surface area contributed by atoms with Gasteiger partial charge in [0.05, 0.1) is 0 Å². The van der Waals surface area contributed by atoms with Gasteiger partial charge in [0.1, 0.15) is 17.1 Å². The van der Waals surface area contributed by atoms with E-state index in [0.29, 0.717) is 5.57 Å². The van der Waals surface area contributed by atoms with Gasteiger partial charge >= 0.3 is 5.97 Å². The molecule has 0 aromatic heterocycles. The molecule has 0 spiro atoms. The van der Waals surface area contributed by atoms with Crippen LogP contribution in [0.2, 0.25) is 0 Å². The lowest BCUT2D eigenvalue weighted by Gasteiger charge is -2.47. The number of carbonyl (C=O) groups is 3. The van der Waals surface area contributed by atoms with Crippen LogP contribution >= 0.6 is 23.2 Å². The lowest BCUT2D eigenvalue weighted by Crippen LogP contribution is -2.73. The number of alkyl halides is 2. The van der Waals surface area contributed by atoms with Crippen LogP contribution in [0.5, 0.6) is 0 Å². The van der Waals surface area contributed by atoms with Crippen molar-refractivity contribution in [3.8, 4) is 0 Å². The Labute approximate surface area is 183 Å². The Morgan fingerprint density at radius 1 is 1.21 bits per heavy atom. The van der Waals surface area contributed by atoms with Crippen LogP contribution in [0.4, 0.5) is 0 Å². The van der Waals surface area contributed by atoms with E-state index in [9.17, 15) is 14.4 Å². The van der Waals surface area contributed by atoms with Gasteiger partial charge in [0.15, 0.2) is 6.04 Å². The molecule has 29 heavy (non-hydrogen) atoms. The highest BCUT2D eigenvalue weighted by Crippen LogP contribution is 2.32. The molecule has 2 fully saturated rings. The molecule has 0 bridgehead atoms. The number of halogens is 2. The van der Waals surface area contributed by atoms with Crippen molar-refractivity contribution >= 4 is 41.0 Å². The molecule has 1 N–H and O–H groups in total. The fourth-order valence-corrected chi connectivity index (χ4v) is 4.30. The summed E-state index contributed by atoms with van der Waals surface area (Å²) in [4.78, 5) is 39.3. The number of amides is 2. The van der Waals surface area contributed by atoms with E-state index in [1.54, 1.807) is 20.8 Å². The number of ether oxygens (including phenoxy) is 1. The molecule has 1 aliphatic heterocycles. The maximum Gasteiger partial charge on any atom is 0.333 e. The van der Waals surface area contributed by atoms with Crippen molar-refractivity contribution in [3.05, 3.63) is 12.2 Å². The first-order chi connectivity index (χ1) is 13.6. The van der Waals surface area contributed by atoms with Gasteiger partial charge in [0, 0.05) is 11.8 Å². The zero-order valence-electron chi connectivity index (χ0n) is 17.5. The molecule has 0 radical (unpaired) electrons. The molecule has 1 saturated carbocycles. The van der Waals surface area contributed by atoms with E-state index < -0.39 is 35.1 Å². The molecule has 1 aliphatic carbocycles. The fourth-order valence-electron chi connectivity index (χ4n) is 3.78. The fraction of sp³-hybridized carbons (Fsp3) is 0.762. The van der Waals surface area contributed by atoms with Crippen molar-refractivity contribution in [2.75, 3.05) is 5.88 Å². The maximum atomic E-state index is 12.8. The van der Waals surface area contributed by atoms with Crippen LogP contribution in [0.25, 0.3) is 0 Å². The Bertz CT molecular complexity index is 639. The first-order valence-electron chi connectivity index (χ1n) is 10.3. The van der Waals surface area contributed by atoms with Crippen LogP contribution in [-0.2, 0) is 19.1 Å². The number of nitrogens with one attached hydrogen (secondary N) is 1. The summed E-state index contributed by atoms with van der Waals surface area (Å²) in [6, 6.07) is -1.93. The molecule has 0 aromatic carbocycles. The largest absolute Gasteiger partial charge is 0.458 e. The number of nitrogens with zero attached hydrogens (tertiary/aromatic N) is 1. The molecule has 2 amide bonds. The van der Waals surface area contributed by atoms with E-state index in [0.717, 1.165) is 38.5 Å². The summed E-state index contributed by atoms with van der Waals surface area (Å²) in [6.45, 7) is 9.01. The average Bonchev–Trinajstić information content (AvgIpc) is 2.61. The summed E-state index contributed by atoms with van der Waals surface area (Å²) in [5.74, 6) is -1.31. The first kappa shape index (κ1) is 24.0. The second-order valence-corrected chi connectivity index (χ2v) is 9.59. The highest BCUT2D eigenvalue weighted by molar-refractivity contribution is 6.27. The minimum Gasteiger partial charge on any atom is -0.458 e. The third kappa shape index (κ3) is 6.11. The van der Waals surface area contributed by atoms with Crippen LogP contribution < -0.4 is 5.32 Å². The van der Waals surface area contributed by atoms with E-state index in [2.05, 4.69) is 11.9 Å². The molecule has 8 heteroatoms. The summed E-state index contributed by atoms with van der Waals surface area (Å²) < 4.78 is 5.42. The van der Waals surface area contributed by atoms with E-state index in [4.69, 9.17) is 27.9 Å². The number of hydrogen-bond donors (Lipinski definition) is 1. The number of carbonyl (C=O) groups excluding carboxylic acids is 3. The van der Waals surface area contributed by atoms with Gasteiger partial charge in [-0.3, -0.25) is 9.59 Å². The molecule has 3 unspecified atom stereocenters. The molecule has 1 saturated heterocycles. The van der Waals surface area contributed by atoms with Gasteiger partial charge in [-0.1, -0.05) is 50.3 Å². The summed E-state index contributed by atoms with van der Waals surface area (Å²) in [7, 11) is 0. The summed E-state index contributed by atoms with van der Waals surface area (Å²) in [5.41, 5.74) is -1.27. The molecular weight excluding hydrogens is 415 g/mol. The lowest BCUT2D eigenvalue weighted by atomic mass is 9.90. The topological polar surface area (TPSA) is 75.7 Å². The Morgan fingerprint density at radius 3 is 2.24 bits per heavy atom. The molecule has 2 aliphatic rings. The minimum atomic E-state index is -1.07. The summed E-state index contributed by atoms with van der Waals surface area (Å²) in [6.07, 6.45) is 7.17. The summed E-state index contributed by atoms with van der Waals surface area (Å²) in [5, 5.41) is 2.79. The van der Waals surface area contributed by atoms with Crippen LogP contribution in [0.1, 0.15) is 65.7 Å². The Kier molecular flexibility index (Phi) is 8.41. The second kappa shape index (κ2) is 10.2. The predicted octanol–water partition coefficient (Wildman–Crippen LogP) is 3.74. The highest BCUT2D eigenvalue weighted by Gasteiger charge is 2.53. The standard InChI is InChI=1S/C21H32Cl2N2O4/c1-13(12-22)16(20(28)29-21(2,3)4)25-17(23)15(19(25)27)24-18(26)14-10-8-6-5-7-9-11-14/h14-17H,1,5-12H2,2-4H3,(H,24,26). The van der Waals surface area contributed by atoms with Crippen LogP contribution in [0, 0.1) is 5.92 Å². The Hall–Kier alpha value is -1.27. The van der Waals surface area contributed by atoms with Crippen molar-refractivity contribution in [1.29, 1.82) is 0 Å². The van der Waals surface area contributed by atoms with E-state index in [1.807, 2.05) is 0 Å². The lowest BCUT2D eigenvalue weighted by molar-refractivity contribution is -0.170. The molecule has 164 valence electrons. The van der Waals surface area contributed by atoms with E-state index >= 15 is 0 Å². The Balaban J connectivity index is 2.05. The number of hydrogen-bond acceptors (Lipinski definition) is 4. The van der Waals surface area contributed by atoms with Crippen LogP contribution in [0.15, 0.2) is 12.2 Å². The molecule has 0 aromatic rings. The normalized spacial score (nSPS) is 24.7. The monoisotopic (exact) mass is 446 g/mol. The molecular formula is C21H32Cl2N2O4. The van der Waals surface area contributed by atoms with Crippen molar-refractivity contribution in [2.45, 2.75) is 88.9 Å². The first-order valence-corrected chi connectivity index (χ1v) is 11.3. The van der Waals surface area contributed by atoms with Gasteiger partial charge < -0.3 is 15.0 Å². The van der Waals surface area contributed by atoms with Crippen molar-refractivity contribution in [1.82, 2.24) is 10.2 Å². The average molecular weight is 447 g/mol. The smallest absolute Gasteiger partial charge is 0.333 e. The molecule has 3 atom stereocenters. The number of esters is 1. The van der Waals surface area contributed by atoms with Gasteiger partial charge in [0.2, 0.25) is 5.91 Å². The minimum absolute atomic E-state index is 0.0175. The van der Waals surface area contributed by atoms with Gasteiger partial charge in [-0.15, -0.1) is 11.6 Å². The second-order valence-electron chi connectivity index (χ2n) is 8.87. The third-order valence-corrected chi connectivity index (χ3v) is 6.11. The Morgan fingerprint density at radius 2 is 1.76 bits per heavy atom. The zero-order chi connectivity index (χ0) is 21.8. The van der Waals surface area contributed by atoms with Gasteiger partial charge in [-0.2, -0.15) is 0 Å². The van der Waals surface area contributed by atoms with Crippen molar-refractivity contribution in [3.63, 3.8) is 0 Å². The molecule has 2 rings (SSSR count). The summed E-state index contributed by atoms with van der Waals surface area (Å²) >= 11 is 12.3. The van der Waals surface area contributed by atoms with Crippen molar-refractivity contribution in [2.24, 2.45) is 5.92 Å². The SMILES string of the molecule is C=C(CCl)C(C(=O)OC(C)(C)C)N1C(=O)C(NC(=O)C2CCCCCCC2)C1Cl. The van der Waals surface area contributed by atoms with Crippen LogP contribution in [0.3, 0.4) is 0 Å².